The molecule has 9 heteroatoms. The number of amides is 1. The Morgan fingerprint density at radius 2 is 2.10 bits per heavy atom. The summed E-state index contributed by atoms with van der Waals surface area (Å²) in [5.74, 6) is 4.71. The van der Waals surface area contributed by atoms with Gasteiger partial charge in [0.25, 0.3) is 0 Å². The zero-order valence-electron chi connectivity index (χ0n) is 11.8. The van der Waals surface area contributed by atoms with Crippen molar-refractivity contribution in [1.82, 2.24) is 10.3 Å². The summed E-state index contributed by atoms with van der Waals surface area (Å²) in [6.45, 7) is 2.31. The highest BCUT2D eigenvalue weighted by Crippen LogP contribution is 2.32. The van der Waals surface area contributed by atoms with Gasteiger partial charge in [-0.1, -0.05) is 6.92 Å². The van der Waals surface area contributed by atoms with E-state index < -0.39 is 11.7 Å². The van der Waals surface area contributed by atoms with Gasteiger partial charge in [-0.2, -0.15) is 13.2 Å². The molecule has 1 rings (SSSR count). The Kier molecular flexibility index (Phi) is 5.77. The highest BCUT2D eigenvalue weighted by molar-refractivity contribution is 5.80. The second kappa shape index (κ2) is 7.11. The Hall–Kier alpha value is -2.03. The average Bonchev–Trinajstić information content (AvgIpc) is 2.43. The van der Waals surface area contributed by atoms with E-state index in [1.807, 2.05) is 6.92 Å². The molecule has 0 spiro atoms. The van der Waals surface area contributed by atoms with Crippen molar-refractivity contribution in [3.63, 3.8) is 0 Å². The lowest BCUT2D eigenvalue weighted by molar-refractivity contribution is -0.137. The zero-order chi connectivity index (χ0) is 16.0. The van der Waals surface area contributed by atoms with Gasteiger partial charge in [-0.15, -0.1) is 0 Å². The van der Waals surface area contributed by atoms with E-state index in [0.717, 1.165) is 18.6 Å². The standard InChI is InChI=1S/C12H18F3N5O/c1-3-4-17-11(21)7-20(2)10-6-8(12(13,14)15)5-9(18-10)19-16/h5-6H,3-4,7,16H2,1-2H3,(H,17,21)(H,18,19). The van der Waals surface area contributed by atoms with Gasteiger partial charge < -0.3 is 15.6 Å². The summed E-state index contributed by atoms with van der Waals surface area (Å²) in [7, 11) is 1.48. The molecule has 1 heterocycles. The monoisotopic (exact) mass is 305 g/mol. The van der Waals surface area contributed by atoms with Crippen LogP contribution in [0.1, 0.15) is 18.9 Å². The number of carbonyl (C=O) groups is 1. The van der Waals surface area contributed by atoms with Gasteiger partial charge in [-0.3, -0.25) is 4.79 Å². The van der Waals surface area contributed by atoms with Crippen molar-refractivity contribution in [2.45, 2.75) is 19.5 Å². The molecule has 1 aromatic heterocycles. The summed E-state index contributed by atoms with van der Waals surface area (Å²) < 4.78 is 38.3. The molecule has 0 bridgehead atoms. The van der Waals surface area contributed by atoms with Gasteiger partial charge >= 0.3 is 6.18 Å². The Balaban J connectivity index is 2.93. The number of nitrogens with two attached hydrogens (primary N) is 1. The fraction of sp³-hybridized carbons (Fsp3) is 0.500. The zero-order valence-corrected chi connectivity index (χ0v) is 11.8. The number of alkyl halides is 3. The van der Waals surface area contributed by atoms with E-state index >= 15 is 0 Å². The summed E-state index contributed by atoms with van der Waals surface area (Å²) in [4.78, 5) is 16.8. The number of nitrogen functional groups attached to an aromatic ring is 1. The molecule has 6 nitrogen and oxygen atoms in total. The summed E-state index contributed by atoms with van der Waals surface area (Å²) in [6.07, 6.45) is -3.74. The topological polar surface area (TPSA) is 83.3 Å². The number of hydrogen-bond donors (Lipinski definition) is 3. The van der Waals surface area contributed by atoms with Gasteiger partial charge in [-0.05, 0) is 18.6 Å². The number of nitrogens with one attached hydrogen (secondary N) is 2. The van der Waals surface area contributed by atoms with Crippen molar-refractivity contribution in [1.29, 1.82) is 0 Å². The first-order valence-corrected chi connectivity index (χ1v) is 6.31. The normalized spacial score (nSPS) is 11.1. The Morgan fingerprint density at radius 1 is 1.43 bits per heavy atom. The maximum Gasteiger partial charge on any atom is 0.416 e. The van der Waals surface area contributed by atoms with E-state index in [4.69, 9.17) is 5.84 Å². The first kappa shape index (κ1) is 17.0. The number of anilines is 2. The number of hydrogen-bond acceptors (Lipinski definition) is 5. The minimum atomic E-state index is -4.52. The van der Waals surface area contributed by atoms with Gasteiger partial charge in [0, 0.05) is 13.6 Å². The Labute approximate surface area is 120 Å². The third kappa shape index (κ3) is 5.10. The number of aromatic nitrogens is 1. The number of rotatable bonds is 6. The third-order valence-electron chi connectivity index (χ3n) is 2.63. The van der Waals surface area contributed by atoms with Crippen LogP contribution in [-0.2, 0) is 11.0 Å². The lowest BCUT2D eigenvalue weighted by atomic mass is 10.2. The molecule has 0 unspecified atom stereocenters. The van der Waals surface area contributed by atoms with Gasteiger partial charge in [0.15, 0.2) is 0 Å². The molecule has 0 aromatic carbocycles. The lowest BCUT2D eigenvalue weighted by Gasteiger charge is -2.20. The van der Waals surface area contributed by atoms with Crippen LogP contribution in [0.25, 0.3) is 0 Å². The third-order valence-corrected chi connectivity index (χ3v) is 2.63. The number of nitrogens with zero attached hydrogens (tertiary/aromatic N) is 2. The predicted molar refractivity (Wildman–Crippen MR) is 73.6 cm³/mol. The quantitative estimate of drug-likeness (QED) is 0.546. The van der Waals surface area contributed by atoms with E-state index in [2.05, 4.69) is 15.7 Å². The van der Waals surface area contributed by atoms with Crippen LogP contribution in [0.4, 0.5) is 24.8 Å². The van der Waals surface area contributed by atoms with Gasteiger partial charge in [0.05, 0.1) is 12.1 Å². The van der Waals surface area contributed by atoms with E-state index in [1.54, 1.807) is 0 Å². The van der Waals surface area contributed by atoms with E-state index in [-0.39, 0.29) is 24.1 Å². The molecule has 21 heavy (non-hydrogen) atoms. The van der Waals surface area contributed by atoms with Crippen molar-refractivity contribution in [3.8, 4) is 0 Å². The smallest absolute Gasteiger partial charge is 0.355 e. The summed E-state index contributed by atoms with van der Waals surface area (Å²) in [5, 5.41) is 2.64. The van der Waals surface area contributed by atoms with Gasteiger partial charge in [-0.25, -0.2) is 10.8 Å². The molecule has 118 valence electrons. The number of carbonyl (C=O) groups excluding carboxylic acids is 1. The molecule has 0 fully saturated rings. The molecule has 0 aliphatic rings. The van der Waals surface area contributed by atoms with Crippen molar-refractivity contribution < 1.29 is 18.0 Å². The van der Waals surface area contributed by atoms with Crippen LogP contribution in [0.3, 0.4) is 0 Å². The van der Waals surface area contributed by atoms with Crippen molar-refractivity contribution in [3.05, 3.63) is 17.7 Å². The second-order valence-corrected chi connectivity index (χ2v) is 4.45. The SMILES string of the molecule is CCCNC(=O)CN(C)c1cc(C(F)(F)F)cc(NN)n1. The van der Waals surface area contributed by atoms with Crippen LogP contribution in [0.2, 0.25) is 0 Å². The lowest BCUT2D eigenvalue weighted by Crippen LogP contribution is -2.36. The molecular weight excluding hydrogens is 287 g/mol. The molecule has 0 saturated heterocycles. The summed E-state index contributed by atoms with van der Waals surface area (Å²) >= 11 is 0. The number of halogens is 3. The molecule has 0 atom stereocenters. The highest BCUT2D eigenvalue weighted by Gasteiger charge is 2.32. The minimum absolute atomic E-state index is 0.00410. The van der Waals surface area contributed by atoms with E-state index in [0.29, 0.717) is 6.54 Å². The molecule has 0 aliphatic carbocycles. The van der Waals surface area contributed by atoms with Crippen LogP contribution in [0.5, 0.6) is 0 Å². The summed E-state index contributed by atoms with van der Waals surface area (Å²) in [5.41, 5.74) is 1.20. The minimum Gasteiger partial charge on any atom is -0.355 e. The number of likely N-dealkylation sites (N-methyl/N-ethyl adjacent to an activating group) is 1. The van der Waals surface area contributed by atoms with E-state index in [1.165, 1.54) is 11.9 Å². The fourth-order valence-electron chi connectivity index (χ4n) is 1.57. The van der Waals surface area contributed by atoms with Crippen LogP contribution >= 0.6 is 0 Å². The molecule has 0 aliphatic heterocycles. The average molecular weight is 305 g/mol. The highest BCUT2D eigenvalue weighted by atomic mass is 19.4. The number of pyridine rings is 1. The van der Waals surface area contributed by atoms with Crippen molar-refractivity contribution in [2.75, 3.05) is 30.5 Å². The molecule has 1 amide bonds. The first-order chi connectivity index (χ1) is 9.77. The molecule has 0 saturated carbocycles. The van der Waals surface area contributed by atoms with Crippen molar-refractivity contribution >= 4 is 17.5 Å². The maximum absolute atomic E-state index is 12.8. The van der Waals surface area contributed by atoms with Gasteiger partial charge in [0.1, 0.15) is 11.6 Å². The van der Waals surface area contributed by atoms with Crippen LogP contribution < -0.4 is 21.5 Å². The predicted octanol–water partition coefficient (Wildman–Crippen LogP) is 1.35. The number of hydrazine groups is 1. The molecule has 1 aromatic rings. The molecular formula is C12H18F3N5O. The van der Waals surface area contributed by atoms with Crippen molar-refractivity contribution in [2.24, 2.45) is 5.84 Å². The Bertz CT molecular complexity index is 492. The maximum atomic E-state index is 12.8. The van der Waals surface area contributed by atoms with Crippen LogP contribution in [0.15, 0.2) is 12.1 Å². The fourth-order valence-corrected chi connectivity index (χ4v) is 1.57. The van der Waals surface area contributed by atoms with Crippen LogP contribution in [-0.4, -0.2) is 31.0 Å². The molecule has 0 radical (unpaired) electrons. The van der Waals surface area contributed by atoms with Gasteiger partial charge in [0.2, 0.25) is 5.91 Å². The second-order valence-electron chi connectivity index (χ2n) is 4.45. The van der Waals surface area contributed by atoms with E-state index in [9.17, 15) is 18.0 Å². The molecule has 4 N–H and O–H groups in total. The first-order valence-electron chi connectivity index (χ1n) is 6.31. The summed E-state index contributed by atoms with van der Waals surface area (Å²) in [6, 6.07) is 1.67. The Morgan fingerprint density at radius 3 is 2.62 bits per heavy atom. The largest absolute Gasteiger partial charge is 0.416 e. The van der Waals surface area contributed by atoms with Crippen LogP contribution in [0, 0.1) is 0 Å².